The molecule has 2 atom stereocenters. The van der Waals surface area contributed by atoms with Gasteiger partial charge in [-0.05, 0) is 13.3 Å². The fourth-order valence-electron chi connectivity index (χ4n) is 1.97. The van der Waals surface area contributed by atoms with E-state index in [0.29, 0.717) is 13.0 Å². The number of thiazole rings is 1. The standard InChI is InChI=1S/C10H13NO5S2/c1-6-8(2-3-16-6)18(14,15)5-7-4-17-9(11-7)10(12)13/h4,6,8H,2-3,5H2,1H3,(H,12,13). The van der Waals surface area contributed by atoms with Crippen molar-refractivity contribution in [2.75, 3.05) is 6.61 Å². The molecule has 1 N–H and O–H groups in total. The minimum atomic E-state index is -3.35. The molecule has 1 aromatic rings. The summed E-state index contributed by atoms with van der Waals surface area (Å²) in [4.78, 5) is 14.5. The van der Waals surface area contributed by atoms with Gasteiger partial charge < -0.3 is 9.84 Å². The third kappa shape index (κ3) is 2.70. The number of ether oxygens (including phenoxy) is 1. The van der Waals surface area contributed by atoms with E-state index in [-0.39, 0.29) is 22.6 Å². The largest absolute Gasteiger partial charge is 0.476 e. The van der Waals surface area contributed by atoms with Gasteiger partial charge in [0.2, 0.25) is 5.01 Å². The second-order valence-corrected chi connectivity index (χ2v) is 7.24. The minimum absolute atomic E-state index is 0.0871. The Morgan fingerprint density at radius 3 is 2.89 bits per heavy atom. The molecule has 0 saturated carbocycles. The Bertz CT molecular complexity index is 550. The van der Waals surface area contributed by atoms with Crippen LogP contribution in [0.3, 0.4) is 0 Å². The maximum Gasteiger partial charge on any atom is 0.365 e. The number of sulfone groups is 1. The monoisotopic (exact) mass is 291 g/mol. The number of aromatic nitrogens is 1. The zero-order valence-corrected chi connectivity index (χ0v) is 11.3. The van der Waals surface area contributed by atoms with Gasteiger partial charge in [-0.1, -0.05) is 0 Å². The molecule has 1 aromatic heterocycles. The molecule has 0 bridgehead atoms. The Morgan fingerprint density at radius 1 is 1.67 bits per heavy atom. The first-order chi connectivity index (χ1) is 8.40. The van der Waals surface area contributed by atoms with Gasteiger partial charge in [0.25, 0.3) is 0 Å². The molecule has 2 unspecified atom stereocenters. The predicted molar refractivity (Wildman–Crippen MR) is 65.5 cm³/mol. The van der Waals surface area contributed by atoms with Crippen molar-refractivity contribution in [3.8, 4) is 0 Å². The number of hydrogen-bond acceptors (Lipinski definition) is 6. The maximum absolute atomic E-state index is 12.1. The molecule has 0 spiro atoms. The third-order valence-corrected chi connectivity index (χ3v) is 5.97. The summed E-state index contributed by atoms with van der Waals surface area (Å²) >= 11 is 0.935. The van der Waals surface area contributed by atoms with Crippen molar-refractivity contribution in [1.82, 2.24) is 4.98 Å². The topological polar surface area (TPSA) is 93.6 Å². The van der Waals surface area contributed by atoms with Gasteiger partial charge in [-0.2, -0.15) is 0 Å². The molecule has 1 saturated heterocycles. The molecular weight excluding hydrogens is 278 g/mol. The van der Waals surface area contributed by atoms with Crippen LogP contribution in [0, 0.1) is 0 Å². The summed E-state index contributed by atoms with van der Waals surface area (Å²) in [6.07, 6.45) is 0.173. The number of hydrogen-bond donors (Lipinski definition) is 1. The molecule has 100 valence electrons. The highest BCUT2D eigenvalue weighted by Crippen LogP contribution is 2.24. The highest BCUT2D eigenvalue weighted by molar-refractivity contribution is 7.91. The normalized spacial score (nSPS) is 24.3. The lowest BCUT2D eigenvalue weighted by Crippen LogP contribution is -2.29. The zero-order chi connectivity index (χ0) is 13.3. The molecule has 6 nitrogen and oxygen atoms in total. The van der Waals surface area contributed by atoms with Crippen molar-refractivity contribution >= 4 is 27.1 Å². The van der Waals surface area contributed by atoms with Crippen molar-refractivity contribution in [2.24, 2.45) is 0 Å². The number of nitrogens with zero attached hydrogens (tertiary/aromatic N) is 1. The quantitative estimate of drug-likeness (QED) is 0.887. The summed E-state index contributed by atoms with van der Waals surface area (Å²) < 4.78 is 29.5. The number of carboxylic acid groups (broad SMARTS) is 1. The van der Waals surface area contributed by atoms with Crippen molar-refractivity contribution in [3.05, 3.63) is 16.1 Å². The second kappa shape index (κ2) is 4.94. The summed E-state index contributed by atoms with van der Waals surface area (Å²) in [5.74, 6) is -1.36. The average Bonchev–Trinajstić information content (AvgIpc) is 2.86. The first kappa shape index (κ1) is 13.4. The van der Waals surface area contributed by atoms with E-state index in [1.807, 2.05) is 0 Å². The number of carbonyl (C=O) groups is 1. The summed E-state index contributed by atoms with van der Waals surface area (Å²) in [6.45, 7) is 2.18. The molecule has 1 fully saturated rings. The van der Waals surface area contributed by atoms with Crippen LogP contribution < -0.4 is 0 Å². The van der Waals surface area contributed by atoms with Gasteiger partial charge >= 0.3 is 5.97 Å². The number of rotatable bonds is 4. The lowest BCUT2D eigenvalue weighted by atomic mass is 10.3. The molecule has 1 aliphatic heterocycles. The van der Waals surface area contributed by atoms with Gasteiger partial charge in [0.05, 0.1) is 22.8 Å². The molecule has 0 aliphatic carbocycles. The van der Waals surface area contributed by atoms with Crippen LogP contribution in [0.4, 0.5) is 0 Å². The maximum atomic E-state index is 12.1. The Morgan fingerprint density at radius 2 is 2.39 bits per heavy atom. The van der Waals surface area contributed by atoms with Gasteiger partial charge in [0.15, 0.2) is 9.84 Å². The fraction of sp³-hybridized carbons (Fsp3) is 0.600. The Hall–Kier alpha value is -0.990. The molecule has 8 heteroatoms. The predicted octanol–water partition coefficient (Wildman–Crippen LogP) is 0.934. The minimum Gasteiger partial charge on any atom is -0.476 e. The lowest BCUT2D eigenvalue weighted by Gasteiger charge is -2.13. The zero-order valence-electron chi connectivity index (χ0n) is 9.70. The highest BCUT2D eigenvalue weighted by Gasteiger charge is 2.36. The van der Waals surface area contributed by atoms with E-state index in [1.165, 1.54) is 5.38 Å². The summed E-state index contributed by atoms with van der Waals surface area (Å²) in [7, 11) is -3.35. The Kier molecular flexibility index (Phi) is 3.69. The van der Waals surface area contributed by atoms with Crippen LogP contribution in [0.2, 0.25) is 0 Å². The Balaban J connectivity index is 2.14. The van der Waals surface area contributed by atoms with Crippen LogP contribution in [0.15, 0.2) is 5.38 Å². The summed E-state index contributed by atoms with van der Waals surface area (Å²) in [5, 5.41) is 9.59. The molecule has 1 aliphatic rings. The highest BCUT2D eigenvalue weighted by atomic mass is 32.2. The smallest absolute Gasteiger partial charge is 0.365 e. The lowest BCUT2D eigenvalue weighted by molar-refractivity contribution is 0.0696. The van der Waals surface area contributed by atoms with Crippen molar-refractivity contribution < 1.29 is 23.1 Å². The van der Waals surface area contributed by atoms with Gasteiger partial charge in [0, 0.05) is 12.0 Å². The van der Waals surface area contributed by atoms with Gasteiger partial charge in [0.1, 0.15) is 0 Å². The number of carboxylic acids is 1. The van der Waals surface area contributed by atoms with Gasteiger partial charge in [-0.15, -0.1) is 11.3 Å². The first-order valence-corrected chi connectivity index (χ1v) is 8.00. The van der Waals surface area contributed by atoms with E-state index >= 15 is 0 Å². The SMILES string of the molecule is CC1OCCC1S(=O)(=O)Cc1csc(C(=O)O)n1. The third-order valence-electron chi connectivity index (χ3n) is 2.85. The van der Waals surface area contributed by atoms with Crippen LogP contribution >= 0.6 is 11.3 Å². The molecule has 18 heavy (non-hydrogen) atoms. The van der Waals surface area contributed by atoms with Gasteiger partial charge in [-0.3, -0.25) is 0 Å². The molecule has 0 aromatic carbocycles. The first-order valence-electron chi connectivity index (χ1n) is 5.41. The summed E-state index contributed by atoms with van der Waals surface area (Å²) in [5.41, 5.74) is 0.288. The van der Waals surface area contributed by atoms with Crippen LogP contribution in [0.1, 0.15) is 28.8 Å². The van der Waals surface area contributed by atoms with E-state index in [9.17, 15) is 13.2 Å². The van der Waals surface area contributed by atoms with Crippen LogP contribution in [-0.4, -0.2) is 42.4 Å². The second-order valence-electron chi connectivity index (χ2n) is 4.16. The van der Waals surface area contributed by atoms with Crippen molar-refractivity contribution in [1.29, 1.82) is 0 Å². The van der Waals surface area contributed by atoms with E-state index in [1.54, 1.807) is 6.92 Å². The van der Waals surface area contributed by atoms with Crippen LogP contribution in [-0.2, 0) is 20.3 Å². The van der Waals surface area contributed by atoms with Crippen LogP contribution in [0.25, 0.3) is 0 Å². The molecular formula is C10H13NO5S2. The van der Waals surface area contributed by atoms with Gasteiger partial charge in [-0.25, -0.2) is 18.2 Å². The van der Waals surface area contributed by atoms with E-state index in [4.69, 9.17) is 9.84 Å². The molecule has 0 radical (unpaired) electrons. The average molecular weight is 291 g/mol. The molecule has 2 rings (SSSR count). The van der Waals surface area contributed by atoms with Crippen molar-refractivity contribution in [2.45, 2.75) is 30.5 Å². The van der Waals surface area contributed by atoms with Crippen molar-refractivity contribution in [3.63, 3.8) is 0 Å². The number of aromatic carboxylic acids is 1. The molecule has 2 heterocycles. The van der Waals surface area contributed by atoms with E-state index in [2.05, 4.69) is 4.98 Å². The van der Waals surface area contributed by atoms with Crippen LogP contribution in [0.5, 0.6) is 0 Å². The fourth-order valence-corrected chi connectivity index (χ4v) is 4.62. The summed E-state index contributed by atoms with van der Waals surface area (Å²) in [6, 6.07) is 0. The van der Waals surface area contributed by atoms with E-state index < -0.39 is 21.1 Å². The Labute approximate surface area is 109 Å². The van der Waals surface area contributed by atoms with E-state index in [0.717, 1.165) is 11.3 Å². The molecule has 0 amide bonds.